The minimum Gasteiger partial charge on any atom is -0.387 e. The molecule has 0 spiro atoms. The number of likely N-dealkylation sites (tertiary alicyclic amines) is 1. The molecule has 2 rings (SSSR count). The fourth-order valence-corrected chi connectivity index (χ4v) is 3.88. The molecule has 1 unspecified atom stereocenters. The van der Waals surface area contributed by atoms with E-state index in [1.165, 1.54) is 19.3 Å². The molecule has 1 fully saturated rings. The Bertz CT molecular complexity index is 393. The molecule has 0 amide bonds. The molecule has 0 aromatic rings. The van der Waals surface area contributed by atoms with Gasteiger partial charge in [0, 0.05) is 0 Å². The summed E-state index contributed by atoms with van der Waals surface area (Å²) in [5, 5.41) is 0. The lowest BCUT2D eigenvalue weighted by atomic mass is 10.0. The summed E-state index contributed by atoms with van der Waals surface area (Å²) in [6.45, 7) is 5.72. The van der Waals surface area contributed by atoms with Crippen LogP contribution in [0.1, 0.15) is 33.1 Å². The van der Waals surface area contributed by atoms with E-state index < -0.39 is 10.1 Å². The maximum Gasteiger partial charge on any atom is 0.310 e. The second-order valence-electron chi connectivity index (χ2n) is 4.66. The summed E-state index contributed by atoms with van der Waals surface area (Å²) in [6, 6.07) is 0.0269. The molecule has 2 aliphatic rings. The van der Waals surface area contributed by atoms with E-state index >= 15 is 0 Å². The molecule has 0 aromatic carbocycles. The van der Waals surface area contributed by atoms with Gasteiger partial charge in [0.05, 0.1) is 6.04 Å². The lowest BCUT2D eigenvalue weighted by Gasteiger charge is -2.37. The van der Waals surface area contributed by atoms with Crippen molar-refractivity contribution in [2.24, 2.45) is 0 Å². The SMILES string of the molecule is CC1=C(C)C(N2CCCCC2)CS(=O)(=O)O1. The maximum atomic E-state index is 11.6. The van der Waals surface area contributed by atoms with Crippen molar-refractivity contribution in [3.63, 3.8) is 0 Å². The lowest BCUT2D eigenvalue weighted by Crippen LogP contribution is -2.46. The maximum absolute atomic E-state index is 11.6. The highest BCUT2D eigenvalue weighted by atomic mass is 32.2. The molecule has 2 aliphatic heterocycles. The smallest absolute Gasteiger partial charge is 0.310 e. The van der Waals surface area contributed by atoms with Crippen LogP contribution in [-0.2, 0) is 14.3 Å². The first-order chi connectivity index (χ1) is 7.49. The summed E-state index contributed by atoms with van der Waals surface area (Å²) >= 11 is 0. The molecular weight excluding hydrogens is 226 g/mol. The Labute approximate surface area is 97.4 Å². The summed E-state index contributed by atoms with van der Waals surface area (Å²) in [5.74, 6) is 0.665. The summed E-state index contributed by atoms with van der Waals surface area (Å²) in [5.41, 5.74) is 1.07. The standard InChI is InChI=1S/C11H19NO3S/c1-9-10(2)15-16(13,14)8-11(9)12-6-4-3-5-7-12/h11H,3-8H2,1-2H3. The highest BCUT2D eigenvalue weighted by molar-refractivity contribution is 7.86. The molecule has 2 heterocycles. The van der Waals surface area contributed by atoms with Crippen molar-refractivity contribution in [1.29, 1.82) is 0 Å². The summed E-state index contributed by atoms with van der Waals surface area (Å²) in [4.78, 5) is 2.28. The van der Waals surface area contributed by atoms with E-state index in [0.717, 1.165) is 18.7 Å². The van der Waals surface area contributed by atoms with Gasteiger partial charge in [0.15, 0.2) is 0 Å². The zero-order valence-corrected chi connectivity index (χ0v) is 10.7. The third-order valence-corrected chi connectivity index (χ3v) is 4.73. The number of allylic oxidation sites excluding steroid dienone is 1. The van der Waals surface area contributed by atoms with Crippen molar-refractivity contribution in [1.82, 2.24) is 4.90 Å². The zero-order valence-electron chi connectivity index (χ0n) is 9.90. The Morgan fingerprint density at radius 3 is 2.44 bits per heavy atom. The molecule has 16 heavy (non-hydrogen) atoms. The minimum absolute atomic E-state index is 0.0269. The predicted octanol–water partition coefficient (Wildman–Crippen LogP) is 1.49. The molecule has 1 saturated heterocycles. The molecule has 4 nitrogen and oxygen atoms in total. The Morgan fingerprint density at radius 2 is 1.81 bits per heavy atom. The van der Waals surface area contributed by atoms with E-state index in [0.29, 0.717) is 5.76 Å². The molecule has 0 aliphatic carbocycles. The predicted molar refractivity (Wildman–Crippen MR) is 62.5 cm³/mol. The van der Waals surface area contributed by atoms with Crippen molar-refractivity contribution in [3.8, 4) is 0 Å². The number of hydrogen-bond donors (Lipinski definition) is 0. The molecule has 92 valence electrons. The van der Waals surface area contributed by atoms with Crippen molar-refractivity contribution >= 4 is 10.1 Å². The Morgan fingerprint density at radius 1 is 1.19 bits per heavy atom. The highest BCUT2D eigenvalue weighted by Crippen LogP contribution is 2.26. The second kappa shape index (κ2) is 4.37. The third kappa shape index (κ3) is 2.40. The molecular formula is C11H19NO3S. The molecule has 0 N–H and O–H groups in total. The topological polar surface area (TPSA) is 46.6 Å². The van der Waals surface area contributed by atoms with E-state index in [2.05, 4.69) is 4.90 Å². The van der Waals surface area contributed by atoms with Gasteiger partial charge in [-0.15, -0.1) is 0 Å². The average Bonchev–Trinajstić information content (AvgIpc) is 2.24. The van der Waals surface area contributed by atoms with Crippen LogP contribution >= 0.6 is 0 Å². The van der Waals surface area contributed by atoms with Crippen LogP contribution in [0.4, 0.5) is 0 Å². The van der Waals surface area contributed by atoms with E-state index in [4.69, 9.17) is 4.18 Å². The first-order valence-corrected chi connectivity index (χ1v) is 7.41. The fraction of sp³-hybridized carbons (Fsp3) is 0.818. The third-order valence-electron chi connectivity index (χ3n) is 3.50. The molecule has 0 bridgehead atoms. The van der Waals surface area contributed by atoms with Gasteiger partial charge in [0.2, 0.25) is 0 Å². The van der Waals surface area contributed by atoms with Crippen LogP contribution in [0.3, 0.4) is 0 Å². The van der Waals surface area contributed by atoms with E-state index in [1.807, 2.05) is 6.92 Å². The molecule has 1 atom stereocenters. The Kier molecular flexibility index (Phi) is 3.26. The van der Waals surface area contributed by atoms with Gasteiger partial charge in [-0.1, -0.05) is 6.42 Å². The number of nitrogens with zero attached hydrogens (tertiary/aromatic N) is 1. The zero-order chi connectivity index (χ0) is 11.8. The summed E-state index contributed by atoms with van der Waals surface area (Å²) in [6.07, 6.45) is 3.60. The van der Waals surface area contributed by atoms with Crippen molar-refractivity contribution in [2.75, 3.05) is 18.8 Å². The van der Waals surface area contributed by atoms with Crippen LogP contribution in [0, 0.1) is 0 Å². The summed E-state index contributed by atoms with van der Waals surface area (Å²) < 4.78 is 28.1. The van der Waals surface area contributed by atoms with Gasteiger partial charge in [0.25, 0.3) is 0 Å². The van der Waals surface area contributed by atoms with Gasteiger partial charge in [-0.2, -0.15) is 8.42 Å². The fourth-order valence-electron chi connectivity index (χ4n) is 2.45. The number of piperidine rings is 1. The molecule has 0 radical (unpaired) electrons. The van der Waals surface area contributed by atoms with Crippen LogP contribution in [0.5, 0.6) is 0 Å². The van der Waals surface area contributed by atoms with E-state index in [9.17, 15) is 8.42 Å². The molecule has 5 heteroatoms. The van der Waals surface area contributed by atoms with Crippen molar-refractivity contribution in [3.05, 3.63) is 11.3 Å². The largest absolute Gasteiger partial charge is 0.387 e. The van der Waals surface area contributed by atoms with Crippen molar-refractivity contribution in [2.45, 2.75) is 39.2 Å². The van der Waals surface area contributed by atoms with Gasteiger partial charge < -0.3 is 4.18 Å². The van der Waals surface area contributed by atoms with Gasteiger partial charge >= 0.3 is 10.1 Å². The van der Waals surface area contributed by atoms with Gasteiger partial charge in [-0.05, 0) is 45.4 Å². The van der Waals surface area contributed by atoms with Crippen LogP contribution in [0.2, 0.25) is 0 Å². The van der Waals surface area contributed by atoms with E-state index in [1.54, 1.807) is 6.92 Å². The molecule has 0 aromatic heterocycles. The van der Waals surface area contributed by atoms with Gasteiger partial charge in [-0.25, -0.2) is 0 Å². The van der Waals surface area contributed by atoms with Crippen LogP contribution in [0.15, 0.2) is 11.3 Å². The summed E-state index contributed by atoms with van der Waals surface area (Å²) in [7, 11) is -3.36. The normalized spacial score (nSPS) is 31.2. The van der Waals surface area contributed by atoms with E-state index in [-0.39, 0.29) is 11.8 Å². The van der Waals surface area contributed by atoms with Crippen LogP contribution in [0.25, 0.3) is 0 Å². The lowest BCUT2D eigenvalue weighted by molar-refractivity contribution is 0.184. The minimum atomic E-state index is -3.36. The average molecular weight is 245 g/mol. The van der Waals surface area contributed by atoms with Crippen molar-refractivity contribution < 1.29 is 12.6 Å². The van der Waals surface area contributed by atoms with Crippen LogP contribution in [-0.4, -0.2) is 38.2 Å². The molecule has 0 saturated carbocycles. The van der Waals surface area contributed by atoms with Gasteiger partial charge in [0.1, 0.15) is 11.5 Å². The second-order valence-corrected chi connectivity index (χ2v) is 6.27. The number of hydrogen-bond acceptors (Lipinski definition) is 4. The Balaban J connectivity index is 2.22. The quantitative estimate of drug-likeness (QED) is 0.657. The first kappa shape index (κ1) is 11.9. The Hall–Kier alpha value is -0.550. The highest BCUT2D eigenvalue weighted by Gasteiger charge is 2.33. The monoisotopic (exact) mass is 245 g/mol. The van der Waals surface area contributed by atoms with Gasteiger partial charge in [-0.3, -0.25) is 4.90 Å². The number of rotatable bonds is 1. The first-order valence-electron chi connectivity index (χ1n) is 5.83. The van der Waals surface area contributed by atoms with Crippen LogP contribution < -0.4 is 0 Å².